The molecule has 4 rings (SSSR count). The van der Waals surface area contributed by atoms with E-state index in [0.29, 0.717) is 36.0 Å². The lowest BCUT2D eigenvalue weighted by Crippen LogP contribution is -2.55. The van der Waals surface area contributed by atoms with Gasteiger partial charge in [-0.3, -0.25) is 9.88 Å². The first-order valence-electron chi connectivity index (χ1n) is 11.6. The van der Waals surface area contributed by atoms with Gasteiger partial charge in [-0.15, -0.1) is 0 Å². The molecule has 10 heteroatoms. The maximum atomic E-state index is 13.2. The number of hydrogen-bond acceptors (Lipinski definition) is 8. The highest BCUT2D eigenvalue weighted by Gasteiger charge is 2.30. The van der Waals surface area contributed by atoms with Crippen molar-refractivity contribution in [1.29, 1.82) is 0 Å². The summed E-state index contributed by atoms with van der Waals surface area (Å²) in [6.07, 6.45) is 3.27. The van der Waals surface area contributed by atoms with Gasteiger partial charge in [0.1, 0.15) is 11.5 Å². The first-order valence-corrected chi connectivity index (χ1v) is 13.0. The van der Waals surface area contributed by atoms with Gasteiger partial charge in [-0.25, -0.2) is 23.1 Å². The van der Waals surface area contributed by atoms with E-state index in [2.05, 4.69) is 19.6 Å². The molecule has 3 heterocycles. The normalized spacial score (nSPS) is 15.3. The quantitative estimate of drug-likeness (QED) is 0.512. The average molecular weight is 497 g/mol. The van der Waals surface area contributed by atoms with Crippen LogP contribution in [0.4, 0.5) is 5.82 Å². The van der Waals surface area contributed by atoms with Crippen LogP contribution in [0.15, 0.2) is 47.6 Å². The number of sulfonamides is 1. The molecule has 0 unspecified atom stereocenters. The van der Waals surface area contributed by atoms with E-state index in [1.165, 1.54) is 0 Å². The number of anilines is 1. The SMILES string of the molecule is Cc1cc(-c2nc(-c3cc(S(=O)(=O)NCC(C)(C)N4CCOCC4)ccc3C)cnc2N)ccn1. The molecule has 2 aromatic heterocycles. The predicted octanol–water partition coefficient (Wildman–Crippen LogP) is 2.79. The highest BCUT2D eigenvalue weighted by atomic mass is 32.2. The van der Waals surface area contributed by atoms with E-state index in [-0.39, 0.29) is 17.0 Å². The second kappa shape index (κ2) is 9.98. The molecule has 3 N–H and O–H groups in total. The number of morpholine rings is 1. The molecule has 0 spiro atoms. The number of aryl methyl sites for hydroxylation is 2. The zero-order valence-electron chi connectivity index (χ0n) is 20.6. The third-order valence-corrected chi connectivity index (χ3v) is 7.73. The summed E-state index contributed by atoms with van der Waals surface area (Å²) in [6, 6.07) is 8.75. The maximum Gasteiger partial charge on any atom is 0.240 e. The minimum Gasteiger partial charge on any atom is -0.382 e. The van der Waals surface area contributed by atoms with E-state index >= 15 is 0 Å². The fraction of sp³-hybridized carbons (Fsp3) is 0.400. The van der Waals surface area contributed by atoms with E-state index in [1.807, 2.05) is 39.8 Å². The summed E-state index contributed by atoms with van der Waals surface area (Å²) in [5.41, 5.74) is 10.1. The van der Waals surface area contributed by atoms with Crippen LogP contribution in [0.2, 0.25) is 0 Å². The van der Waals surface area contributed by atoms with Gasteiger partial charge in [-0.1, -0.05) is 6.07 Å². The van der Waals surface area contributed by atoms with Crippen LogP contribution in [-0.2, 0) is 14.8 Å². The highest BCUT2D eigenvalue weighted by Crippen LogP contribution is 2.29. The lowest BCUT2D eigenvalue weighted by Gasteiger charge is -2.40. The van der Waals surface area contributed by atoms with E-state index in [9.17, 15) is 8.42 Å². The number of aromatic nitrogens is 3. The van der Waals surface area contributed by atoms with Crippen LogP contribution in [0.3, 0.4) is 0 Å². The number of nitrogens with one attached hydrogen (secondary N) is 1. The second-order valence-electron chi connectivity index (χ2n) is 9.39. The Hall–Kier alpha value is -2.92. The fourth-order valence-electron chi connectivity index (χ4n) is 4.11. The summed E-state index contributed by atoms with van der Waals surface area (Å²) in [6.45, 7) is 11.0. The molecule has 35 heavy (non-hydrogen) atoms. The van der Waals surface area contributed by atoms with Crippen LogP contribution < -0.4 is 10.5 Å². The number of benzene rings is 1. The number of nitrogen functional groups attached to an aromatic ring is 1. The van der Waals surface area contributed by atoms with E-state index < -0.39 is 10.0 Å². The van der Waals surface area contributed by atoms with Gasteiger partial charge in [0, 0.05) is 48.2 Å². The van der Waals surface area contributed by atoms with Crippen molar-refractivity contribution in [2.24, 2.45) is 0 Å². The van der Waals surface area contributed by atoms with Crippen LogP contribution in [-0.4, -0.2) is 66.7 Å². The van der Waals surface area contributed by atoms with Crippen LogP contribution in [0, 0.1) is 13.8 Å². The standard InChI is InChI=1S/C25H32N6O3S/c1-17-5-6-20(35(32,33)29-16-25(3,4)31-9-11-34-12-10-31)14-21(17)22-15-28-24(26)23(30-22)19-7-8-27-18(2)13-19/h5-8,13-15,29H,9-12,16H2,1-4H3,(H2,26,28). The Kier molecular flexibility index (Phi) is 7.18. The predicted molar refractivity (Wildman–Crippen MR) is 136 cm³/mol. The van der Waals surface area contributed by atoms with Crippen LogP contribution in [0.5, 0.6) is 0 Å². The van der Waals surface area contributed by atoms with Crippen molar-refractivity contribution < 1.29 is 13.2 Å². The van der Waals surface area contributed by atoms with Crippen molar-refractivity contribution in [1.82, 2.24) is 24.6 Å². The zero-order chi connectivity index (χ0) is 25.2. The van der Waals surface area contributed by atoms with Gasteiger partial charge < -0.3 is 10.5 Å². The Morgan fingerprint density at radius 1 is 1.11 bits per heavy atom. The minimum absolute atomic E-state index is 0.177. The lowest BCUT2D eigenvalue weighted by atomic mass is 10.0. The number of hydrogen-bond donors (Lipinski definition) is 2. The number of nitrogens with two attached hydrogens (primary N) is 1. The molecule has 186 valence electrons. The molecule has 1 aliphatic rings. The third-order valence-electron chi connectivity index (χ3n) is 6.33. The zero-order valence-corrected chi connectivity index (χ0v) is 21.4. The molecule has 0 aliphatic carbocycles. The van der Waals surface area contributed by atoms with Gasteiger partial charge in [-0.2, -0.15) is 0 Å². The second-order valence-corrected chi connectivity index (χ2v) is 11.2. The van der Waals surface area contributed by atoms with Crippen molar-refractivity contribution in [3.05, 3.63) is 54.0 Å². The Labute approximate surface area is 206 Å². The van der Waals surface area contributed by atoms with Gasteiger partial charge in [0.05, 0.1) is 30.0 Å². The molecule has 1 aromatic carbocycles. The lowest BCUT2D eigenvalue weighted by molar-refractivity contribution is -0.00803. The Balaban J connectivity index is 1.62. The fourth-order valence-corrected chi connectivity index (χ4v) is 5.34. The number of pyridine rings is 1. The maximum absolute atomic E-state index is 13.2. The van der Waals surface area contributed by atoms with E-state index in [0.717, 1.165) is 29.9 Å². The van der Waals surface area contributed by atoms with Crippen molar-refractivity contribution in [2.45, 2.75) is 38.1 Å². The van der Waals surface area contributed by atoms with Gasteiger partial charge in [0.2, 0.25) is 10.0 Å². The Morgan fingerprint density at radius 2 is 1.86 bits per heavy atom. The first kappa shape index (κ1) is 25.2. The van der Waals surface area contributed by atoms with Gasteiger partial charge in [0.15, 0.2) is 0 Å². The summed E-state index contributed by atoms with van der Waals surface area (Å²) in [4.78, 5) is 15.7. The Morgan fingerprint density at radius 3 is 2.57 bits per heavy atom. The molecular formula is C25H32N6O3S. The topological polar surface area (TPSA) is 123 Å². The summed E-state index contributed by atoms with van der Waals surface area (Å²) < 4.78 is 34.7. The van der Waals surface area contributed by atoms with Crippen molar-refractivity contribution in [2.75, 3.05) is 38.6 Å². The third kappa shape index (κ3) is 5.67. The number of ether oxygens (including phenoxy) is 1. The Bertz CT molecular complexity index is 1320. The van der Waals surface area contributed by atoms with Crippen LogP contribution in [0.25, 0.3) is 22.5 Å². The molecule has 1 saturated heterocycles. The monoisotopic (exact) mass is 496 g/mol. The average Bonchev–Trinajstić information content (AvgIpc) is 2.84. The smallest absolute Gasteiger partial charge is 0.240 e. The van der Waals surface area contributed by atoms with Gasteiger partial charge >= 0.3 is 0 Å². The van der Waals surface area contributed by atoms with Crippen LogP contribution in [0.1, 0.15) is 25.1 Å². The van der Waals surface area contributed by atoms with Gasteiger partial charge in [0.25, 0.3) is 0 Å². The van der Waals surface area contributed by atoms with E-state index in [4.69, 9.17) is 15.5 Å². The molecule has 0 bridgehead atoms. The summed E-state index contributed by atoms with van der Waals surface area (Å²) in [5.74, 6) is 0.299. The van der Waals surface area contributed by atoms with Gasteiger partial charge in [-0.05, 0) is 57.5 Å². The summed E-state index contributed by atoms with van der Waals surface area (Å²) >= 11 is 0. The van der Waals surface area contributed by atoms with E-state index in [1.54, 1.807) is 30.6 Å². The molecular weight excluding hydrogens is 464 g/mol. The summed E-state index contributed by atoms with van der Waals surface area (Å²) in [5, 5.41) is 0. The molecule has 1 aliphatic heterocycles. The van der Waals surface area contributed by atoms with Crippen molar-refractivity contribution >= 4 is 15.8 Å². The number of nitrogens with zero attached hydrogens (tertiary/aromatic N) is 4. The van der Waals surface area contributed by atoms with Crippen molar-refractivity contribution in [3.8, 4) is 22.5 Å². The summed E-state index contributed by atoms with van der Waals surface area (Å²) in [7, 11) is -3.74. The minimum atomic E-state index is -3.74. The molecule has 0 amide bonds. The number of rotatable bonds is 7. The molecule has 1 fully saturated rings. The molecule has 0 saturated carbocycles. The highest BCUT2D eigenvalue weighted by molar-refractivity contribution is 7.89. The molecule has 3 aromatic rings. The molecule has 0 atom stereocenters. The van der Waals surface area contributed by atoms with Crippen LogP contribution >= 0.6 is 0 Å². The molecule has 9 nitrogen and oxygen atoms in total. The first-order chi connectivity index (χ1) is 16.6. The van der Waals surface area contributed by atoms with Crippen molar-refractivity contribution in [3.63, 3.8) is 0 Å². The molecule has 0 radical (unpaired) electrons. The largest absolute Gasteiger partial charge is 0.382 e.